The van der Waals surface area contributed by atoms with Gasteiger partial charge in [0.15, 0.2) is 0 Å². The second-order valence-electron chi connectivity index (χ2n) is 3.95. The van der Waals surface area contributed by atoms with Gasteiger partial charge in [-0.15, -0.1) is 0 Å². The second kappa shape index (κ2) is 4.23. The molecule has 0 amide bonds. The van der Waals surface area contributed by atoms with E-state index in [-0.39, 0.29) is 0 Å². The smallest absolute Gasteiger partial charge is 0.0525 e. The van der Waals surface area contributed by atoms with Crippen LogP contribution >= 0.6 is 0 Å². The summed E-state index contributed by atoms with van der Waals surface area (Å²) in [5.41, 5.74) is 1.25. The topological polar surface area (TPSA) is 6.48 Å². The zero-order valence-corrected chi connectivity index (χ0v) is 9.64. The van der Waals surface area contributed by atoms with Crippen molar-refractivity contribution in [1.29, 1.82) is 0 Å². The van der Waals surface area contributed by atoms with E-state index in [2.05, 4.69) is 67.5 Å². The summed E-state index contributed by atoms with van der Waals surface area (Å²) in [7, 11) is 0. The number of hydrazine groups is 1. The van der Waals surface area contributed by atoms with E-state index in [0.29, 0.717) is 12.1 Å². The van der Waals surface area contributed by atoms with E-state index in [1.807, 2.05) is 0 Å². The van der Waals surface area contributed by atoms with Crippen molar-refractivity contribution in [3.8, 4) is 0 Å². The lowest BCUT2D eigenvalue weighted by Crippen LogP contribution is -2.42. The number of para-hydroxylation sites is 1. The molecule has 15 heavy (non-hydrogen) atoms. The minimum Gasteiger partial charge on any atom is -0.302 e. The van der Waals surface area contributed by atoms with Crippen molar-refractivity contribution in [2.75, 3.05) is 11.6 Å². The normalized spacial score (nSPS) is 27.3. The lowest BCUT2D eigenvalue weighted by Gasteiger charge is -2.33. The minimum absolute atomic E-state index is 0.363. The Kier molecular flexibility index (Phi) is 2.96. The predicted molar refractivity (Wildman–Crippen MR) is 63.5 cm³/mol. The Labute approximate surface area is 92.5 Å². The Morgan fingerprint density at radius 3 is 2.40 bits per heavy atom. The summed E-state index contributed by atoms with van der Waals surface area (Å²) in [6.07, 6.45) is 3.52. The summed E-state index contributed by atoms with van der Waals surface area (Å²) in [6.45, 7) is 7.60. The second-order valence-corrected chi connectivity index (χ2v) is 3.95. The summed E-state index contributed by atoms with van der Waals surface area (Å²) >= 11 is 0. The van der Waals surface area contributed by atoms with Crippen LogP contribution in [-0.2, 0) is 0 Å². The Balaban J connectivity index is 2.27. The number of anilines is 1. The van der Waals surface area contributed by atoms with Gasteiger partial charge in [0.25, 0.3) is 0 Å². The highest BCUT2D eigenvalue weighted by Gasteiger charge is 2.33. The van der Waals surface area contributed by atoms with E-state index in [0.717, 1.165) is 6.54 Å². The van der Waals surface area contributed by atoms with E-state index in [1.165, 1.54) is 5.69 Å². The molecule has 0 aromatic heterocycles. The fraction of sp³-hybridized carbons (Fsp3) is 0.462. The third-order valence-corrected chi connectivity index (χ3v) is 2.92. The molecule has 2 atom stereocenters. The van der Waals surface area contributed by atoms with Gasteiger partial charge in [-0.25, -0.2) is 5.01 Å². The van der Waals surface area contributed by atoms with Crippen molar-refractivity contribution < 1.29 is 0 Å². The van der Waals surface area contributed by atoms with Crippen LogP contribution in [0.4, 0.5) is 5.69 Å². The van der Waals surface area contributed by atoms with E-state index in [1.54, 1.807) is 0 Å². The van der Waals surface area contributed by atoms with Gasteiger partial charge in [-0.2, -0.15) is 0 Å². The van der Waals surface area contributed by atoms with Crippen LogP contribution < -0.4 is 5.01 Å². The zero-order valence-electron chi connectivity index (χ0n) is 9.64. The average Bonchev–Trinajstić information content (AvgIpc) is 2.54. The number of rotatable bonds is 2. The van der Waals surface area contributed by atoms with Crippen molar-refractivity contribution in [2.24, 2.45) is 0 Å². The summed E-state index contributed by atoms with van der Waals surface area (Å²) in [4.78, 5) is 0. The van der Waals surface area contributed by atoms with Gasteiger partial charge in [0.1, 0.15) is 0 Å². The molecule has 1 fully saturated rings. The Bertz CT molecular complexity index is 310. The zero-order chi connectivity index (χ0) is 10.8. The number of nitrogens with zero attached hydrogens (tertiary/aromatic N) is 2. The summed E-state index contributed by atoms with van der Waals surface area (Å²) in [6, 6.07) is 11.3. The Morgan fingerprint density at radius 1 is 1.13 bits per heavy atom. The third-order valence-electron chi connectivity index (χ3n) is 2.92. The van der Waals surface area contributed by atoms with Crippen LogP contribution in [-0.4, -0.2) is 23.6 Å². The van der Waals surface area contributed by atoms with Crippen molar-refractivity contribution in [2.45, 2.75) is 32.9 Å². The molecule has 2 rings (SSSR count). The van der Waals surface area contributed by atoms with Gasteiger partial charge in [-0.05, 0) is 26.0 Å². The number of hydrogen-bond donors (Lipinski definition) is 0. The van der Waals surface area contributed by atoms with Crippen LogP contribution in [0.2, 0.25) is 0 Å². The Morgan fingerprint density at radius 2 is 1.80 bits per heavy atom. The molecule has 1 aliphatic rings. The van der Waals surface area contributed by atoms with Crippen molar-refractivity contribution in [3.05, 3.63) is 36.8 Å². The van der Waals surface area contributed by atoms with Crippen LogP contribution in [0.5, 0.6) is 0 Å². The van der Waals surface area contributed by atoms with Crippen molar-refractivity contribution in [1.82, 2.24) is 5.01 Å². The predicted octanol–water partition coefficient (Wildman–Crippen LogP) is 2.60. The average molecular weight is 202 g/mol. The van der Waals surface area contributed by atoms with Gasteiger partial charge in [-0.1, -0.05) is 25.1 Å². The van der Waals surface area contributed by atoms with Crippen LogP contribution in [0, 0.1) is 6.42 Å². The lowest BCUT2D eigenvalue weighted by atomic mass is 10.1. The van der Waals surface area contributed by atoms with Crippen LogP contribution in [0.25, 0.3) is 0 Å². The molecule has 1 heterocycles. The minimum atomic E-state index is 0.363. The van der Waals surface area contributed by atoms with Gasteiger partial charge in [0, 0.05) is 19.0 Å². The van der Waals surface area contributed by atoms with Crippen molar-refractivity contribution >= 4 is 5.69 Å². The van der Waals surface area contributed by atoms with E-state index >= 15 is 0 Å². The first kappa shape index (κ1) is 10.5. The van der Waals surface area contributed by atoms with Crippen LogP contribution in [0.3, 0.4) is 0 Å². The van der Waals surface area contributed by atoms with Gasteiger partial charge >= 0.3 is 0 Å². The van der Waals surface area contributed by atoms with E-state index in [9.17, 15) is 0 Å². The van der Waals surface area contributed by atoms with Crippen LogP contribution in [0.1, 0.15) is 20.8 Å². The highest BCUT2D eigenvalue weighted by molar-refractivity contribution is 5.48. The van der Waals surface area contributed by atoms with Gasteiger partial charge in [0.2, 0.25) is 0 Å². The van der Waals surface area contributed by atoms with Gasteiger partial charge in [-0.3, -0.25) is 0 Å². The molecule has 0 N–H and O–H groups in total. The maximum Gasteiger partial charge on any atom is 0.0525 e. The maximum absolute atomic E-state index is 3.52. The fourth-order valence-corrected chi connectivity index (χ4v) is 2.29. The molecule has 2 heteroatoms. The molecule has 0 aliphatic carbocycles. The first-order chi connectivity index (χ1) is 7.24. The molecule has 2 radical (unpaired) electrons. The molecular formula is C13H18N2. The molecule has 1 aromatic rings. The number of benzene rings is 1. The largest absolute Gasteiger partial charge is 0.302 e. The summed E-state index contributed by atoms with van der Waals surface area (Å²) in [5.74, 6) is 0. The molecule has 0 bridgehead atoms. The van der Waals surface area contributed by atoms with Crippen LogP contribution in [0.15, 0.2) is 30.3 Å². The molecule has 1 aliphatic heterocycles. The first-order valence-electron chi connectivity index (χ1n) is 5.61. The summed E-state index contributed by atoms with van der Waals surface area (Å²) in [5, 5.41) is 4.67. The fourth-order valence-electron chi connectivity index (χ4n) is 2.29. The SMILES string of the molecule is CCN1C(C)[C]C(C)N1c1ccccc1. The van der Waals surface area contributed by atoms with E-state index in [4.69, 9.17) is 0 Å². The van der Waals surface area contributed by atoms with Gasteiger partial charge in [0.05, 0.1) is 11.7 Å². The molecule has 2 unspecified atom stereocenters. The molecule has 80 valence electrons. The highest BCUT2D eigenvalue weighted by atomic mass is 15.7. The quantitative estimate of drug-likeness (QED) is 0.727. The molecule has 2 nitrogen and oxygen atoms in total. The van der Waals surface area contributed by atoms with Crippen molar-refractivity contribution in [3.63, 3.8) is 0 Å². The molecule has 1 saturated heterocycles. The molecule has 1 aromatic carbocycles. The number of hydrogen-bond acceptors (Lipinski definition) is 2. The molecule has 0 spiro atoms. The maximum atomic E-state index is 3.52. The monoisotopic (exact) mass is 202 g/mol. The standard InChI is InChI=1S/C13H18N2/c1-4-14-11(2)10-12(3)15(14)13-8-6-5-7-9-13/h5-9,11-12H,4H2,1-3H3. The lowest BCUT2D eigenvalue weighted by molar-refractivity contribution is 0.264. The van der Waals surface area contributed by atoms with E-state index < -0.39 is 0 Å². The highest BCUT2D eigenvalue weighted by Crippen LogP contribution is 2.29. The summed E-state index contributed by atoms with van der Waals surface area (Å²) < 4.78 is 0. The first-order valence-corrected chi connectivity index (χ1v) is 5.61. The molecule has 0 saturated carbocycles. The van der Waals surface area contributed by atoms with Gasteiger partial charge < -0.3 is 5.01 Å². The Hall–Kier alpha value is -1.02. The third kappa shape index (κ3) is 1.86. The molecular weight excluding hydrogens is 184 g/mol.